The van der Waals surface area contributed by atoms with Crippen LogP contribution in [-0.2, 0) is 23.6 Å². The van der Waals surface area contributed by atoms with E-state index in [1.807, 2.05) is 86.0 Å². The Labute approximate surface area is 184 Å². The molecule has 0 atom stereocenters. The summed E-state index contributed by atoms with van der Waals surface area (Å²) < 4.78 is 1.97. The molecule has 0 bridgehead atoms. The van der Waals surface area contributed by atoms with E-state index in [2.05, 4.69) is 28.9 Å². The maximum absolute atomic E-state index is 4.76. The van der Waals surface area contributed by atoms with Crippen LogP contribution in [0.1, 0.15) is 11.4 Å². The van der Waals surface area contributed by atoms with Crippen molar-refractivity contribution in [3.63, 3.8) is 0 Å². The molecule has 4 nitrogen and oxygen atoms in total. The Balaban J connectivity index is 0.000000352. The maximum Gasteiger partial charge on any atom is 2.00 e. The summed E-state index contributed by atoms with van der Waals surface area (Å²) >= 11 is 0. The molecule has 2 aliphatic rings. The van der Waals surface area contributed by atoms with Gasteiger partial charge >= 0.3 is 17.1 Å². The quantitative estimate of drug-likeness (QED) is 0.596. The van der Waals surface area contributed by atoms with Crippen LogP contribution < -0.4 is 0 Å². The molecular formula is C24H20FeN4+2. The first-order valence-corrected chi connectivity index (χ1v) is 9.18. The van der Waals surface area contributed by atoms with E-state index in [1.165, 1.54) is 0 Å². The van der Waals surface area contributed by atoms with Crippen molar-refractivity contribution >= 4 is 0 Å². The summed E-state index contributed by atoms with van der Waals surface area (Å²) in [6.07, 6.45) is 21.8. The standard InChI is InChI=1S/C19H15N4.C5H5.Fe/c1-2-8-15(7-1)18-13-19(17-10-4-6-12-21-17)23(22-18)14-16-9-3-5-11-20-16;1-2-4-5-3-1;/h1-13H,14H2;1-5H;/q;;+2. The van der Waals surface area contributed by atoms with Gasteiger partial charge in [-0.2, -0.15) is 5.10 Å². The third-order valence-electron chi connectivity index (χ3n) is 4.26. The average Bonchev–Trinajstić information content (AvgIpc) is 3.52. The Kier molecular flexibility index (Phi) is 8.45. The number of aromatic nitrogens is 4. The molecular weight excluding hydrogens is 400 g/mol. The van der Waals surface area contributed by atoms with Crippen molar-refractivity contribution in [1.82, 2.24) is 19.7 Å². The fourth-order valence-electron chi connectivity index (χ4n) is 2.91. The van der Waals surface area contributed by atoms with Crippen molar-refractivity contribution in [1.29, 1.82) is 0 Å². The Hall–Kier alpha value is -1.97. The summed E-state index contributed by atoms with van der Waals surface area (Å²) in [5, 5.41) is 4.76. The van der Waals surface area contributed by atoms with Gasteiger partial charge in [-0.3, -0.25) is 14.6 Å². The van der Waals surface area contributed by atoms with Crippen LogP contribution in [0.2, 0.25) is 0 Å². The van der Waals surface area contributed by atoms with Crippen LogP contribution in [0.15, 0.2) is 54.9 Å². The topological polar surface area (TPSA) is 43.6 Å². The first kappa shape index (κ1) is 21.7. The molecule has 0 saturated heterocycles. The molecule has 0 unspecified atom stereocenters. The molecule has 0 aliphatic heterocycles. The van der Waals surface area contributed by atoms with E-state index in [4.69, 9.17) is 5.10 Å². The second-order valence-corrected chi connectivity index (χ2v) is 6.24. The van der Waals surface area contributed by atoms with Crippen molar-refractivity contribution in [3.05, 3.63) is 130 Å². The van der Waals surface area contributed by atoms with Gasteiger partial charge in [-0.1, -0.05) is 12.1 Å². The largest absolute Gasteiger partial charge is 2.00 e. The summed E-state index contributed by atoms with van der Waals surface area (Å²) in [7, 11) is 0. The third kappa shape index (κ3) is 6.00. The third-order valence-corrected chi connectivity index (χ3v) is 4.26. The van der Waals surface area contributed by atoms with Crippen LogP contribution in [0.4, 0.5) is 0 Å². The minimum absolute atomic E-state index is 0. The molecule has 5 rings (SSSR count). The maximum atomic E-state index is 4.76. The van der Waals surface area contributed by atoms with E-state index in [1.54, 1.807) is 12.4 Å². The molecule has 3 aromatic heterocycles. The number of hydrogen-bond donors (Lipinski definition) is 0. The van der Waals surface area contributed by atoms with Gasteiger partial charge in [0.25, 0.3) is 0 Å². The molecule has 0 N–H and O–H groups in total. The van der Waals surface area contributed by atoms with Crippen LogP contribution in [0.3, 0.4) is 0 Å². The van der Waals surface area contributed by atoms with Gasteiger partial charge in [-0.05, 0) is 88.1 Å². The second-order valence-electron chi connectivity index (χ2n) is 6.24. The van der Waals surface area contributed by atoms with Gasteiger partial charge in [0.05, 0.1) is 29.3 Å². The average molecular weight is 420 g/mol. The molecule has 0 amide bonds. The van der Waals surface area contributed by atoms with Crippen molar-refractivity contribution < 1.29 is 17.1 Å². The first-order valence-electron chi connectivity index (χ1n) is 9.18. The summed E-state index contributed by atoms with van der Waals surface area (Å²) in [6.45, 7) is 0.619. The van der Waals surface area contributed by atoms with Gasteiger partial charge in [0.2, 0.25) is 0 Å². The molecule has 142 valence electrons. The Morgan fingerprint density at radius 2 is 1.34 bits per heavy atom. The number of hydrogen-bond acceptors (Lipinski definition) is 3. The van der Waals surface area contributed by atoms with E-state index in [-0.39, 0.29) is 17.1 Å². The summed E-state index contributed by atoms with van der Waals surface area (Å²) in [5.41, 5.74) is 3.83. The van der Waals surface area contributed by atoms with Crippen LogP contribution in [0.5, 0.6) is 0 Å². The van der Waals surface area contributed by atoms with Crippen LogP contribution in [-0.4, -0.2) is 19.7 Å². The molecule has 29 heavy (non-hydrogen) atoms. The zero-order valence-corrected chi connectivity index (χ0v) is 16.8. The van der Waals surface area contributed by atoms with Crippen LogP contribution >= 0.6 is 0 Å². The van der Waals surface area contributed by atoms with Gasteiger partial charge in [0.1, 0.15) is 0 Å². The second kappa shape index (κ2) is 11.3. The number of pyridine rings is 2. The van der Waals surface area contributed by atoms with E-state index < -0.39 is 0 Å². The predicted molar refractivity (Wildman–Crippen MR) is 110 cm³/mol. The Morgan fingerprint density at radius 3 is 1.93 bits per heavy atom. The summed E-state index contributed by atoms with van der Waals surface area (Å²) in [4.78, 5) is 8.86. The van der Waals surface area contributed by atoms with Gasteiger partial charge in [0, 0.05) is 18.3 Å². The van der Waals surface area contributed by atoms with Crippen molar-refractivity contribution in [3.8, 4) is 11.4 Å². The normalized spacial score (nSPS) is 16.1. The minimum atomic E-state index is 0. The molecule has 3 heterocycles. The van der Waals surface area contributed by atoms with Gasteiger partial charge in [0.15, 0.2) is 0 Å². The molecule has 2 saturated carbocycles. The number of nitrogens with zero attached hydrogens (tertiary/aromatic N) is 4. The predicted octanol–water partition coefficient (Wildman–Crippen LogP) is 4.16. The fraction of sp³-hybridized carbons (Fsp3) is 0.0417. The van der Waals surface area contributed by atoms with E-state index in [0.29, 0.717) is 6.54 Å². The summed E-state index contributed by atoms with van der Waals surface area (Å²) in [5.74, 6) is 1.11. The van der Waals surface area contributed by atoms with Crippen LogP contribution in [0, 0.1) is 63.7 Å². The van der Waals surface area contributed by atoms with Crippen LogP contribution in [0.25, 0.3) is 11.4 Å². The smallest absolute Gasteiger partial charge is 0.259 e. The first-order chi connectivity index (χ1) is 13.9. The van der Waals surface area contributed by atoms with E-state index in [0.717, 1.165) is 28.7 Å². The zero-order chi connectivity index (χ0) is 19.0. The molecule has 10 radical (unpaired) electrons. The molecule has 0 aromatic carbocycles. The molecule has 2 aliphatic carbocycles. The molecule has 0 spiro atoms. The Morgan fingerprint density at radius 1 is 0.690 bits per heavy atom. The monoisotopic (exact) mass is 420 g/mol. The Bertz CT molecular complexity index is 830. The van der Waals surface area contributed by atoms with E-state index in [9.17, 15) is 0 Å². The fourth-order valence-corrected chi connectivity index (χ4v) is 2.91. The SMILES string of the molecule is [CH]1[CH][CH][CH][CH]1.[CH]1[CH][CH][C](c2cc(-c3ccccn3)n(Cc3ccccn3)n2)[CH]1.[Fe+2]. The van der Waals surface area contributed by atoms with Crippen molar-refractivity contribution in [2.24, 2.45) is 0 Å². The number of rotatable bonds is 4. The zero-order valence-electron chi connectivity index (χ0n) is 15.7. The molecule has 5 heteroatoms. The van der Waals surface area contributed by atoms with Crippen molar-refractivity contribution in [2.45, 2.75) is 6.54 Å². The van der Waals surface area contributed by atoms with Crippen molar-refractivity contribution in [2.75, 3.05) is 0 Å². The van der Waals surface area contributed by atoms with Gasteiger partial charge in [-0.25, -0.2) is 0 Å². The molecule has 3 aromatic rings. The molecule has 2 fully saturated rings. The van der Waals surface area contributed by atoms with Gasteiger partial charge < -0.3 is 0 Å². The minimum Gasteiger partial charge on any atom is -0.259 e. The van der Waals surface area contributed by atoms with Gasteiger partial charge in [-0.15, -0.1) is 0 Å². The van der Waals surface area contributed by atoms with E-state index >= 15 is 0 Å². The summed E-state index contributed by atoms with van der Waals surface area (Å²) in [6, 6.07) is 13.9.